The van der Waals surface area contributed by atoms with Crippen LogP contribution in [0, 0.1) is 17.8 Å². The van der Waals surface area contributed by atoms with Crippen molar-refractivity contribution < 1.29 is 80.2 Å². The fourth-order valence-corrected chi connectivity index (χ4v) is 12.1. The van der Waals surface area contributed by atoms with Gasteiger partial charge in [0.05, 0.1) is 26.4 Å². The van der Waals surface area contributed by atoms with Gasteiger partial charge in [-0.1, -0.05) is 291 Å². The molecule has 542 valence electrons. The highest BCUT2D eigenvalue weighted by molar-refractivity contribution is 7.47. The number of hydrogen-bond donors (Lipinski definition) is 3. The third-order valence-electron chi connectivity index (χ3n) is 16.3. The molecule has 0 aliphatic heterocycles. The number of allylic oxidation sites excluding steroid dienone is 4. The van der Waals surface area contributed by atoms with Crippen molar-refractivity contribution in [3.05, 3.63) is 24.3 Å². The molecule has 0 aromatic rings. The average molecular weight is 1350 g/mol. The zero-order valence-corrected chi connectivity index (χ0v) is 61.3. The summed E-state index contributed by atoms with van der Waals surface area (Å²) in [4.78, 5) is 72.6. The van der Waals surface area contributed by atoms with Gasteiger partial charge in [-0.3, -0.25) is 37.3 Å². The molecular weight excluding hydrogens is 1210 g/mol. The molecule has 0 aliphatic rings. The van der Waals surface area contributed by atoms with E-state index >= 15 is 0 Å². The van der Waals surface area contributed by atoms with Crippen molar-refractivity contribution in [1.29, 1.82) is 0 Å². The van der Waals surface area contributed by atoms with Gasteiger partial charge >= 0.3 is 39.5 Å². The summed E-state index contributed by atoms with van der Waals surface area (Å²) >= 11 is 0. The van der Waals surface area contributed by atoms with Crippen LogP contribution in [0.3, 0.4) is 0 Å². The summed E-state index contributed by atoms with van der Waals surface area (Å²) < 4.78 is 68.3. The Morgan fingerprint density at radius 3 is 0.880 bits per heavy atom. The van der Waals surface area contributed by atoms with E-state index in [0.29, 0.717) is 37.5 Å². The first-order chi connectivity index (χ1) is 44.2. The second-order valence-electron chi connectivity index (χ2n) is 27.1. The SMILES string of the molecule is CCCCCC/C=C\C=C/CCCCCCCC(=O)O[C@H](COC(=O)CCCCCCCCCC(C)C)COP(=O)(O)OCC(O)COP(=O)(O)OC[C@@H](COC(=O)CCCCCCCCCCCCCCCCC(C)C)OC(=O)CCCCCCCCCC(C)C. The Hall–Kier alpha value is -2.46. The molecule has 0 rings (SSSR count). The summed E-state index contributed by atoms with van der Waals surface area (Å²) in [6, 6.07) is 0. The van der Waals surface area contributed by atoms with E-state index in [1.54, 1.807) is 0 Å². The Kier molecular flexibility index (Phi) is 61.6. The van der Waals surface area contributed by atoms with Crippen molar-refractivity contribution in [2.75, 3.05) is 39.6 Å². The van der Waals surface area contributed by atoms with Crippen LogP contribution in [0.15, 0.2) is 24.3 Å². The summed E-state index contributed by atoms with van der Waals surface area (Å²) in [5.74, 6) is 0.0373. The monoisotopic (exact) mass is 1350 g/mol. The Bertz CT molecular complexity index is 1890. The number of phosphoric ester groups is 2. The van der Waals surface area contributed by atoms with E-state index < -0.39 is 97.5 Å². The Morgan fingerprint density at radius 2 is 0.587 bits per heavy atom. The number of aliphatic hydroxyl groups is 1. The smallest absolute Gasteiger partial charge is 0.462 e. The van der Waals surface area contributed by atoms with E-state index in [4.69, 9.17) is 37.0 Å². The standard InChI is InChI=1S/C73H138O17P2/c1-8-9-10-11-12-13-14-15-16-21-24-27-34-42-49-56-72(77)89-68(61-84-71(76)55-48-41-35-28-31-38-45-52-65(4)5)62-87-91(79,80)85-58-67(74)59-86-92(81,82)88-63-69(90-73(78)57-50-43-36-29-32-39-46-53-66(6)7)60-83-70(75)54-47-40-33-26-23-20-18-17-19-22-25-30-37-44-51-64(2)3/h13-16,64-69,74H,8-12,17-63H2,1-7H3,(H,79,80)(H,81,82)/b14-13-,16-15-/t67?,68-,69-/m1/s1. The van der Waals surface area contributed by atoms with Gasteiger partial charge in [-0.2, -0.15) is 0 Å². The number of esters is 4. The van der Waals surface area contributed by atoms with Gasteiger partial charge in [0.1, 0.15) is 19.3 Å². The van der Waals surface area contributed by atoms with Crippen LogP contribution in [-0.2, 0) is 65.4 Å². The van der Waals surface area contributed by atoms with Gasteiger partial charge in [-0.05, 0) is 69.1 Å². The van der Waals surface area contributed by atoms with E-state index in [0.717, 1.165) is 115 Å². The lowest BCUT2D eigenvalue weighted by molar-refractivity contribution is -0.161. The molecule has 3 N–H and O–H groups in total. The lowest BCUT2D eigenvalue weighted by Crippen LogP contribution is -2.30. The van der Waals surface area contributed by atoms with Gasteiger partial charge in [0.15, 0.2) is 12.2 Å². The van der Waals surface area contributed by atoms with Crippen LogP contribution in [0.1, 0.15) is 344 Å². The normalized spacial score (nSPS) is 14.3. The number of rotatable bonds is 69. The summed E-state index contributed by atoms with van der Waals surface area (Å²) in [5, 5.41) is 10.6. The lowest BCUT2D eigenvalue weighted by atomic mass is 10.0. The number of phosphoric acid groups is 2. The molecule has 0 aliphatic carbocycles. The zero-order chi connectivity index (χ0) is 68.0. The molecular formula is C73H138O17P2. The fourth-order valence-electron chi connectivity index (χ4n) is 10.5. The molecule has 0 aromatic carbocycles. The second kappa shape index (κ2) is 63.3. The minimum Gasteiger partial charge on any atom is -0.462 e. The quantitative estimate of drug-likeness (QED) is 0.0169. The Morgan fingerprint density at radius 1 is 0.337 bits per heavy atom. The predicted octanol–water partition coefficient (Wildman–Crippen LogP) is 20.6. The van der Waals surface area contributed by atoms with Gasteiger partial charge in [0.25, 0.3) is 0 Å². The molecule has 5 atom stereocenters. The Labute approximate surface area is 561 Å². The fraction of sp³-hybridized carbons (Fsp3) is 0.890. The molecule has 0 aromatic heterocycles. The van der Waals surface area contributed by atoms with Crippen molar-refractivity contribution in [2.45, 2.75) is 362 Å². The van der Waals surface area contributed by atoms with Gasteiger partial charge in [0.2, 0.25) is 0 Å². The average Bonchev–Trinajstić information content (AvgIpc) is 1.70. The van der Waals surface area contributed by atoms with Crippen LogP contribution in [0.4, 0.5) is 0 Å². The minimum absolute atomic E-state index is 0.0838. The molecule has 0 heterocycles. The van der Waals surface area contributed by atoms with E-state index in [1.807, 2.05) is 0 Å². The number of aliphatic hydroxyl groups excluding tert-OH is 1. The molecule has 0 radical (unpaired) electrons. The van der Waals surface area contributed by atoms with E-state index in [2.05, 4.69) is 72.8 Å². The van der Waals surface area contributed by atoms with Gasteiger partial charge in [-0.25, -0.2) is 9.13 Å². The number of carbonyl (C=O) groups excluding carboxylic acids is 4. The van der Waals surface area contributed by atoms with E-state index in [-0.39, 0.29) is 25.7 Å². The molecule has 0 bridgehead atoms. The molecule has 0 fully saturated rings. The summed E-state index contributed by atoms with van der Waals surface area (Å²) in [7, 11) is -9.92. The molecule has 0 spiro atoms. The summed E-state index contributed by atoms with van der Waals surface area (Å²) in [6.07, 6.45) is 51.0. The van der Waals surface area contributed by atoms with Gasteiger partial charge < -0.3 is 33.8 Å². The van der Waals surface area contributed by atoms with E-state index in [1.165, 1.54) is 135 Å². The van der Waals surface area contributed by atoms with Gasteiger partial charge in [-0.15, -0.1) is 0 Å². The Balaban J connectivity index is 5.24. The molecule has 0 amide bonds. The molecule has 17 nitrogen and oxygen atoms in total. The maximum atomic E-state index is 13.0. The van der Waals surface area contributed by atoms with Gasteiger partial charge in [0, 0.05) is 25.7 Å². The molecule has 19 heteroatoms. The van der Waals surface area contributed by atoms with E-state index in [9.17, 15) is 43.2 Å². The van der Waals surface area contributed by atoms with Crippen molar-refractivity contribution in [3.63, 3.8) is 0 Å². The van der Waals surface area contributed by atoms with Crippen LogP contribution >= 0.6 is 15.6 Å². The highest BCUT2D eigenvalue weighted by atomic mass is 31.2. The topological polar surface area (TPSA) is 237 Å². The number of unbranched alkanes of at least 4 members (excludes halogenated alkanes) is 34. The van der Waals surface area contributed by atoms with Crippen molar-refractivity contribution in [2.24, 2.45) is 17.8 Å². The highest BCUT2D eigenvalue weighted by Gasteiger charge is 2.30. The van der Waals surface area contributed by atoms with Crippen molar-refractivity contribution in [3.8, 4) is 0 Å². The number of ether oxygens (including phenoxy) is 4. The molecule has 0 saturated heterocycles. The second-order valence-corrected chi connectivity index (χ2v) is 30.0. The van der Waals surface area contributed by atoms with Crippen molar-refractivity contribution >= 4 is 39.5 Å². The number of carbonyl (C=O) groups is 4. The first-order valence-corrected chi connectivity index (χ1v) is 40.2. The third-order valence-corrected chi connectivity index (χ3v) is 18.2. The maximum absolute atomic E-state index is 13.0. The maximum Gasteiger partial charge on any atom is 0.472 e. The van der Waals surface area contributed by atoms with Crippen LogP contribution in [0.5, 0.6) is 0 Å². The summed E-state index contributed by atoms with van der Waals surface area (Å²) in [5.41, 5.74) is 0. The third kappa shape index (κ3) is 66.2. The van der Waals surface area contributed by atoms with Crippen LogP contribution in [0.25, 0.3) is 0 Å². The zero-order valence-electron chi connectivity index (χ0n) is 59.5. The predicted molar refractivity (Wildman–Crippen MR) is 372 cm³/mol. The lowest BCUT2D eigenvalue weighted by Gasteiger charge is -2.21. The van der Waals surface area contributed by atoms with Crippen molar-refractivity contribution in [1.82, 2.24) is 0 Å². The first-order valence-electron chi connectivity index (χ1n) is 37.2. The molecule has 0 saturated carbocycles. The largest absolute Gasteiger partial charge is 0.472 e. The highest BCUT2D eigenvalue weighted by Crippen LogP contribution is 2.45. The number of hydrogen-bond acceptors (Lipinski definition) is 15. The van der Waals surface area contributed by atoms with Crippen LogP contribution in [-0.4, -0.2) is 96.7 Å². The minimum atomic E-state index is -4.96. The molecule has 3 unspecified atom stereocenters. The first kappa shape index (κ1) is 89.5. The van der Waals surface area contributed by atoms with Crippen LogP contribution < -0.4 is 0 Å². The molecule has 92 heavy (non-hydrogen) atoms. The van der Waals surface area contributed by atoms with Crippen LogP contribution in [0.2, 0.25) is 0 Å². The summed E-state index contributed by atoms with van der Waals surface area (Å²) in [6.45, 7) is 11.7.